The van der Waals surface area contributed by atoms with E-state index in [1.807, 2.05) is 11.8 Å². The first-order valence-electron chi connectivity index (χ1n) is 12.8. The van der Waals surface area contributed by atoms with Crippen LogP contribution in [0.5, 0.6) is 5.75 Å². The van der Waals surface area contributed by atoms with Gasteiger partial charge in [0, 0.05) is 19.1 Å². The number of ether oxygens (including phenoxy) is 1. The number of aromatic nitrogens is 3. The lowest BCUT2D eigenvalue weighted by Gasteiger charge is -2.31. The number of para-hydroxylation sites is 1. The smallest absolute Gasteiger partial charge is 0.235 e. The average Bonchev–Trinajstić information content (AvgIpc) is 3.59. The first kappa shape index (κ1) is 23.6. The van der Waals surface area contributed by atoms with E-state index in [0.717, 1.165) is 42.9 Å². The van der Waals surface area contributed by atoms with E-state index in [1.54, 1.807) is 18.2 Å². The fourth-order valence-corrected chi connectivity index (χ4v) is 7.29. The van der Waals surface area contributed by atoms with Gasteiger partial charge in [-0.05, 0) is 82.3 Å². The maximum absolute atomic E-state index is 14.1. The van der Waals surface area contributed by atoms with Crippen LogP contribution >= 0.6 is 11.8 Å². The van der Waals surface area contributed by atoms with Crippen LogP contribution in [0.2, 0.25) is 0 Å². The summed E-state index contributed by atoms with van der Waals surface area (Å²) in [5.74, 6) is 2.86. The van der Waals surface area contributed by atoms with Gasteiger partial charge < -0.3 is 9.64 Å². The van der Waals surface area contributed by atoms with Gasteiger partial charge in [0.05, 0.1) is 5.25 Å². The van der Waals surface area contributed by atoms with Gasteiger partial charge in [-0.15, -0.1) is 10.2 Å². The van der Waals surface area contributed by atoms with Crippen molar-refractivity contribution in [3.63, 3.8) is 0 Å². The number of fused-ring (bicyclic) bond motifs is 2. The Kier molecular flexibility index (Phi) is 7.14. The van der Waals surface area contributed by atoms with Crippen LogP contribution < -0.4 is 4.74 Å². The molecular weight excluding hydrogens is 451 g/mol. The minimum atomic E-state index is -0.384. The summed E-state index contributed by atoms with van der Waals surface area (Å²) in [5, 5.41) is 9.50. The van der Waals surface area contributed by atoms with Crippen molar-refractivity contribution < 1.29 is 13.9 Å². The van der Waals surface area contributed by atoms with Crippen LogP contribution in [-0.4, -0.2) is 43.9 Å². The predicted octanol–water partition coefficient (Wildman–Crippen LogP) is 5.49. The second-order valence-corrected chi connectivity index (χ2v) is 11.5. The number of halogens is 1. The van der Waals surface area contributed by atoms with Crippen LogP contribution in [0, 0.1) is 23.6 Å². The van der Waals surface area contributed by atoms with Gasteiger partial charge in [-0.2, -0.15) is 0 Å². The van der Waals surface area contributed by atoms with Gasteiger partial charge in [-0.25, -0.2) is 4.39 Å². The number of hydrogen-bond donors (Lipinski definition) is 0. The second kappa shape index (κ2) is 10.3. The molecule has 2 heterocycles. The number of likely N-dealkylation sites (tertiary alicyclic amines) is 1. The Morgan fingerprint density at radius 1 is 1.15 bits per heavy atom. The zero-order chi connectivity index (χ0) is 23.7. The van der Waals surface area contributed by atoms with Gasteiger partial charge in [-0.1, -0.05) is 30.3 Å². The molecule has 1 aliphatic heterocycles. The number of piperidine rings is 1. The van der Waals surface area contributed by atoms with Crippen molar-refractivity contribution in [1.82, 2.24) is 19.7 Å². The molecule has 0 radical (unpaired) electrons. The maximum atomic E-state index is 14.1. The summed E-state index contributed by atoms with van der Waals surface area (Å²) in [6, 6.07) is 6.65. The molecule has 184 valence electrons. The summed E-state index contributed by atoms with van der Waals surface area (Å²) in [4.78, 5) is 15.1. The lowest BCUT2D eigenvalue weighted by molar-refractivity contribution is -0.131. The predicted molar refractivity (Wildman–Crippen MR) is 130 cm³/mol. The highest BCUT2D eigenvalue weighted by Crippen LogP contribution is 2.52. The summed E-state index contributed by atoms with van der Waals surface area (Å²) in [7, 11) is 0. The molecular formula is C26H35FN4O2S. The normalized spacial score (nSPS) is 26.0. The van der Waals surface area contributed by atoms with Gasteiger partial charge in [-0.3, -0.25) is 9.36 Å². The van der Waals surface area contributed by atoms with Crippen LogP contribution in [0.1, 0.15) is 70.7 Å². The van der Waals surface area contributed by atoms with E-state index in [2.05, 4.69) is 21.7 Å². The molecule has 8 heteroatoms. The highest BCUT2D eigenvalue weighted by atomic mass is 32.2. The Balaban J connectivity index is 1.36. The molecule has 1 aromatic carbocycles. The molecule has 2 aliphatic carbocycles. The van der Waals surface area contributed by atoms with Gasteiger partial charge in [0.1, 0.15) is 6.61 Å². The summed E-state index contributed by atoms with van der Waals surface area (Å²) < 4.78 is 22.1. The fourth-order valence-electron chi connectivity index (χ4n) is 6.26. The molecule has 1 aromatic heterocycles. The SMILES string of the molecule is CC(Sc1nnc(COc2ccccc2F)n1C(C)C1CC2CCC1C2)C(=O)N1CCCCC1. The van der Waals surface area contributed by atoms with E-state index in [4.69, 9.17) is 4.74 Å². The van der Waals surface area contributed by atoms with Gasteiger partial charge in [0.15, 0.2) is 22.5 Å². The molecule has 1 amide bonds. The molecule has 3 aliphatic rings. The third-order valence-electron chi connectivity index (χ3n) is 8.05. The van der Waals surface area contributed by atoms with E-state index in [1.165, 1.54) is 49.9 Å². The van der Waals surface area contributed by atoms with Crippen LogP contribution in [0.4, 0.5) is 4.39 Å². The molecule has 2 aromatic rings. The molecule has 6 nitrogen and oxygen atoms in total. The van der Waals surface area contributed by atoms with Crippen LogP contribution in [-0.2, 0) is 11.4 Å². The molecule has 0 N–H and O–H groups in total. The molecule has 1 saturated heterocycles. The zero-order valence-corrected chi connectivity index (χ0v) is 21.0. The summed E-state index contributed by atoms with van der Waals surface area (Å²) in [5.41, 5.74) is 0. The van der Waals surface area contributed by atoms with Crippen molar-refractivity contribution in [1.29, 1.82) is 0 Å². The minimum absolute atomic E-state index is 0.147. The molecule has 2 bridgehead atoms. The van der Waals surface area contributed by atoms with Crippen molar-refractivity contribution in [2.45, 2.75) is 81.8 Å². The molecule has 5 rings (SSSR count). The van der Waals surface area contributed by atoms with Crippen molar-refractivity contribution in [2.24, 2.45) is 17.8 Å². The molecule has 0 spiro atoms. The molecule has 3 fully saturated rings. The monoisotopic (exact) mass is 486 g/mol. The first-order chi connectivity index (χ1) is 16.5. The molecule has 34 heavy (non-hydrogen) atoms. The largest absolute Gasteiger partial charge is 0.483 e. The van der Waals surface area contributed by atoms with Crippen LogP contribution in [0.15, 0.2) is 29.4 Å². The number of carbonyl (C=O) groups is 1. The number of carbonyl (C=O) groups excluding carboxylic acids is 1. The second-order valence-electron chi connectivity index (χ2n) is 10.2. The fraction of sp³-hybridized carbons (Fsp3) is 0.654. The standard InChI is InChI=1S/C26H35FN4O2S/c1-17(21-15-19-10-11-20(21)14-19)31-24(16-33-23-9-5-4-8-22(23)27)28-29-26(31)34-18(2)25(32)30-12-6-3-7-13-30/h4-5,8-9,17-21H,3,6-7,10-16H2,1-2H3. The quantitative estimate of drug-likeness (QED) is 0.462. The summed E-state index contributed by atoms with van der Waals surface area (Å²) >= 11 is 1.49. The van der Waals surface area contributed by atoms with Gasteiger partial charge in [0.25, 0.3) is 0 Å². The van der Waals surface area contributed by atoms with Crippen molar-refractivity contribution in [2.75, 3.05) is 13.1 Å². The lowest BCUT2D eigenvalue weighted by Crippen LogP contribution is -2.40. The summed E-state index contributed by atoms with van der Waals surface area (Å²) in [6.45, 7) is 6.06. The number of nitrogens with zero attached hydrogens (tertiary/aromatic N) is 4. The number of benzene rings is 1. The van der Waals surface area contributed by atoms with E-state index < -0.39 is 0 Å². The lowest BCUT2D eigenvalue weighted by atomic mass is 9.84. The van der Waals surface area contributed by atoms with Crippen LogP contribution in [0.3, 0.4) is 0 Å². The van der Waals surface area contributed by atoms with Crippen molar-refractivity contribution in [3.05, 3.63) is 35.9 Å². The number of rotatable bonds is 8. The molecule has 5 unspecified atom stereocenters. The number of thioether (sulfide) groups is 1. The number of hydrogen-bond acceptors (Lipinski definition) is 5. The minimum Gasteiger partial charge on any atom is -0.483 e. The maximum Gasteiger partial charge on any atom is 0.235 e. The zero-order valence-electron chi connectivity index (χ0n) is 20.2. The van der Waals surface area contributed by atoms with Gasteiger partial charge >= 0.3 is 0 Å². The number of amides is 1. The molecule has 5 atom stereocenters. The topological polar surface area (TPSA) is 60.3 Å². The third-order valence-corrected chi connectivity index (χ3v) is 9.09. The van der Waals surface area contributed by atoms with E-state index in [0.29, 0.717) is 11.7 Å². The highest BCUT2D eigenvalue weighted by Gasteiger charge is 2.43. The van der Waals surface area contributed by atoms with Crippen molar-refractivity contribution >= 4 is 17.7 Å². The van der Waals surface area contributed by atoms with Gasteiger partial charge in [0.2, 0.25) is 5.91 Å². The van der Waals surface area contributed by atoms with Crippen LogP contribution in [0.25, 0.3) is 0 Å². The van der Waals surface area contributed by atoms with E-state index in [-0.39, 0.29) is 35.4 Å². The molecule has 2 saturated carbocycles. The van der Waals surface area contributed by atoms with Crippen molar-refractivity contribution in [3.8, 4) is 5.75 Å². The summed E-state index contributed by atoms with van der Waals surface area (Å²) in [6.07, 6.45) is 8.58. The Bertz CT molecular complexity index is 1010. The highest BCUT2D eigenvalue weighted by molar-refractivity contribution is 8.00. The third kappa shape index (κ3) is 4.83. The van der Waals surface area contributed by atoms with E-state index >= 15 is 0 Å². The Morgan fingerprint density at radius 3 is 2.65 bits per heavy atom. The Labute approximate surface area is 205 Å². The average molecular weight is 487 g/mol. The van der Waals surface area contributed by atoms with E-state index in [9.17, 15) is 9.18 Å². The Morgan fingerprint density at radius 2 is 1.94 bits per heavy atom. The Hall–Kier alpha value is -2.09. The first-order valence-corrected chi connectivity index (χ1v) is 13.7.